The van der Waals surface area contributed by atoms with Crippen molar-refractivity contribution in [1.82, 2.24) is 15.0 Å². The molecule has 1 saturated heterocycles. The summed E-state index contributed by atoms with van der Waals surface area (Å²) in [7, 11) is 0. The molecule has 1 aliphatic rings. The summed E-state index contributed by atoms with van der Waals surface area (Å²) in [5.74, 6) is 0.537. The van der Waals surface area contributed by atoms with Gasteiger partial charge in [-0.1, -0.05) is 11.2 Å². The summed E-state index contributed by atoms with van der Waals surface area (Å²) in [6.45, 7) is 4.79. The van der Waals surface area contributed by atoms with Gasteiger partial charge in [0.05, 0.1) is 12.1 Å². The fourth-order valence-corrected chi connectivity index (χ4v) is 3.15. The van der Waals surface area contributed by atoms with E-state index in [0.29, 0.717) is 24.5 Å². The third-order valence-corrected chi connectivity index (χ3v) is 4.57. The predicted octanol–water partition coefficient (Wildman–Crippen LogP) is 2.35. The van der Waals surface area contributed by atoms with Gasteiger partial charge >= 0.3 is 0 Å². The van der Waals surface area contributed by atoms with E-state index in [9.17, 15) is 9.59 Å². The second-order valence-electron chi connectivity index (χ2n) is 6.24. The lowest BCUT2D eigenvalue weighted by atomic mass is 9.91. The monoisotopic (exact) mass is 327 g/mol. The number of aromatic nitrogens is 2. The van der Waals surface area contributed by atoms with Crippen LogP contribution in [0.5, 0.6) is 0 Å². The minimum atomic E-state index is -0.178. The first-order valence-electron chi connectivity index (χ1n) is 8.21. The number of carbonyl (C=O) groups excluding carboxylic acids is 2. The van der Waals surface area contributed by atoms with Crippen molar-refractivity contribution < 1.29 is 14.1 Å². The van der Waals surface area contributed by atoms with Crippen molar-refractivity contribution in [1.29, 1.82) is 0 Å². The summed E-state index contributed by atoms with van der Waals surface area (Å²) >= 11 is 0. The Hall–Kier alpha value is -2.50. The Morgan fingerprint density at radius 3 is 2.83 bits per heavy atom. The van der Waals surface area contributed by atoms with Crippen LogP contribution in [0.15, 0.2) is 28.9 Å². The molecule has 1 unspecified atom stereocenters. The number of carbonyl (C=O) groups is 2. The Bertz CT molecular complexity index is 720. The third-order valence-electron chi connectivity index (χ3n) is 4.57. The van der Waals surface area contributed by atoms with E-state index in [1.54, 1.807) is 23.2 Å². The van der Waals surface area contributed by atoms with E-state index in [-0.39, 0.29) is 24.0 Å². The average molecular weight is 327 g/mol. The number of aryl methyl sites for hydroxylation is 2. The highest BCUT2D eigenvalue weighted by Gasteiger charge is 2.30. The number of hydrogen-bond acceptors (Lipinski definition) is 5. The summed E-state index contributed by atoms with van der Waals surface area (Å²) in [5, 5.41) is 3.89. The zero-order valence-electron chi connectivity index (χ0n) is 14.0. The molecule has 0 aromatic carbocycles. The highest BCUT2D eigenvalue weighted by Crippen LogP contribution is 2.22. The molecule has 24 heavy (non-hydrogen) atoms. The van der Waals surface area contributed by atoms with E-state index in [2.05, 4.69) is 10.1 Å². The minimum absolute atomic E-state index is 0.0166. The Labute approximate surface area is 140 Å². The molecule has 126 valence electrons. The summed E-state index contributed by atoms with van der Waals surface area (Å²) in [5.41, 5.74) is 2.07. The van der Waals surface area contributed by atoms with Gasteiger partial charge in [0, 0.05) is 30.8 Å². The molecule has 1 amide bonds. The molecule has 0 aliphatic carbocycles. The lowest BCUT2D eigenvalue weighted by Gasteiger charge is -2.32. The Kier molecular flexibility index (Phi) is 4.74. The largest absolute Gasteiger partial charge is 0.361 e. The maximum Gasteiger partial charge on any atom is 0.227 e. The lowest BCUT2D eigenvalue weighted by molar-refractivity contribution is -0.131. The van der Waals surface area contributed by atoms with Gasteiger partial charge in [-0.05, 0) is 38.8 Å². The predicted molar refractivity (Wildman–Crippen MR) is 87.6 cm³/mol. The first-order valence-corrected chi connectivity index (χ1v) is 8.21. The zero-order chi connectivity index (χ0) is 17.1. The summed E-state index contributed by atoms with van der Waals surface area (Å²) in [6.07, 6.45) is 3.52. The number of nitrogens with zero attached hydrogens (tertiary/aromatic N) is 3. The van der Waals surface area contributed by atoms with E-state index in [1.807, 2.05) is 19.9 Å². The highest BCUT2D eigenvalue weighted by atomic mass is 16.5. The Balaban J connectivity index is 1.67. The molecule has 1 aliphatic heterocycles. The van der Waals surface area contributed by atoms with Crippen LogP contribution in [0.25, 0.3) is 0 Å². The van der Waals surface area contributed by atoms with E-state index >= 15 is 0 Å². The van der Waals surface area contributed by atoms with Gasteiger partial charge in [0.2, 0.25) is 5.91 Å². The number of ketones is 1. The number of piperidine rings is 1. The van der Waals surface area contributed by atoms with Gasteiger partial charge in [-0.15, -0.1) is 0 Å². The maximum atomic E-state index is 12.6. The summed E-state index contributed by atoms with van der Waals surface area (Å²) in [6, 6.07) is 5.33. The van der Waals surface area contributed by atoms with Crippen LogP contribution in [0.3, 0.4) is 0 Å². The van der Waals surface area contributed by atoms with Crippen molar-refractivity contribution in [3.63, 3.8) is 0 Å². The normalized spacial score (nSPS) is 17.8. The highest BCUT2D eigenvalue weighted by molar-refractivity contribution is 5.96. The first kappa shape index (κ1) is 16.4. The van der Waals surface area contributed by atoms with Gasteiger partial charge < -0.3 is 9.42 Å². The van der Waals surface area contributed by atoms with Crippen molar-refractivity contribution in [3.8, 4) is 0 Å². The van der Waals surface area contributed by atoms with Gasteiger partial charge in [-0.2, -0.15) is 0 Å². The molecule has 6 nitrogen and oxygen atoms in total. The molecule has 2 aromatic rings. The SMILES string of the molecule is Cc1noc(C)c1CC(=O)N1CCCC(C(=O)c2ccccn2)C1. The van der Waals surface area contributed by atoms with Crippen molar-refractivity contribution in [2.75, 3.05) is 13.1 Å². The third kappa shape index (κ3) is 3.37. The van der Waals surface area contributed by atoms with Crippen LogP contribution < -0.4 is 0 Å². The van der Waals surface area contributed by atoms with Gasteiger partial charge in [0.1, 0.15) is 11.5 Å². The molecule has 0 saturated carbocycles. The van der Waals surface area contributed by atoms with Crippen molar-refractivity contribution in [2.45, 2.75) is 33.1 Å². The standard InChI is InChI=1S/C18H21N3O3/c1-12-15(13(2)24-20-12)10-17(22)21-9-5-6-14(11-21)18(23)16-7-3-4-8-19-16/h3-4,7-8,14H,5-6,9-11H2,1-2H3. The van der Waals surface area contributed by atoms with E-state index < -0.39 is 0 Å². The lowest BCUT2D eigenvalue weighted by Crippen LogP contribution is -2.43. The van der Waals surface area contributed by atoms with Crippen LogP contribution in [-0.4, -0.2) is 39.8 Å². The van der Waals surface area contributed by atoms with Crippen LogP contribution in [0.4, 0.5) is 0 Å². The van der Waals surface area contributed by atoms with Crippen molar-refractivity contribution in [2.24, 2.45) is 5.92 Å². The van der Waals surface area contributed by atoms with Gasteiger partial charge in [-0.25, -0.2) is 0 Å². The number of pyridine rings is 1. The topological polar surface area (TPSA) is 76.3 Å². The van der Waals surface area contributed by atoms with Crippen molar-refractivity contribution >= 4 is 11.7 Å². The fourth-order valence-electron chi connectivity index (χ4n) is 3.15. The molecule has 3 heterocycles. The first-order chi connectivity index (χ1) is 11.6. The second kappa shape index (κ2) is 6.95. The quantitative estimate of drug-likeness (QED) is 0.806. The van der Waals surface area contributed by atoms with Crippen molar-refractivity contribution in [3.05, 3.63) is 47.1 Å². The van der Waals surface area contributed by atoms with E-state index in [1.165, 1.54) is 0 Å². The number of likely N-dealkylation sites (tertiary alicyclic amines) is 1. The van der Waals surface area contributed by atoms with Gasteiger partial charge in [0.25, 0.3) is 0 Å². The Morgan fingerprint density at radius 1 is 1.33 bits per heavy atom. The van der Waals surface area contributed by atoms with E-state index in [0.717, 1.165) is 24.1 Å². The summed E-state index contributed by atoms with van der Waals surface area (Å²) < 4.78 is 5.12. The van der Waals surface area contributed by atoms with Gasteiger partial charge in [0.15, 0.2) is 5.78 Å². The number of Topliss-reactive ketones (excluding diaryl/α,β-unsaturated/α-hetero) is 1. The molecule has 2 aromatic heterocycles. The molecular formula is C18H21N3O3. The van der Waals surface area contributed by atoms with Crippen LogP contribution in [0.1, 0.15) is 40.3 Å². The molecule has 1 atom stereocenters. The smallest absolute Gasteiger partial charge is 0.227 e. The van der Waals surface area contributed by atoms with Crippen LogP contribution in [0.2, 0.25) is 0 Å². The maximum absolute atomic E-state index is 12.6. The van der Waals surface area contributed by atoms with E-state index in [4.69, 9.17) is 4.52 Å². The number of hydrogen-bond donors (Lipinski definition) is 0. The second-order valence-corrected chi connectivity index (χ2v) is 6.24. The molecule has 6 heteroatoms. The molecule has 3 rings (SSSR count). The van der Waals surface area contributed by atoms with Crippen LogP contribution >= 0.6 is 0 Å². The Morgan fingerprint density at radius 2 is 2.17 bits per heavy atom. The molecule has 0 N–H and O–H groups in total. The van der Waals surface area contributed by atoms with Gasteiger partial charge in [-0.3, -0.25) is 14.6 Å². The summed E-state index contributed by atoms with van der Waals surface area (Å²) in [4.78, 5) is 31.1. The fraction of sp³-hybridized carbons (Fsp3) is 0.444. The number of amides is 1. The van der Waals surface area contributed by atoms with Crippen LogP contribution in [-0.2, 0) is 11.2 Å². The average Bonchev–Trinajstić information content (AvgIpc) is 2.94. The molecular weight excluding hydrogens is 306 g/mol. The molecule has 1 fully saturated rings. The molecule has 0 radical (unpaired) electrons. The molecule has 0 bridgehead atoms. The molecule has 0 spiro atoms. The minimum Gasteiger partial charge on any atom is -0.361 e. The number of rotatable bonds is 4. The zero-order valence-corrected chi connectivity index (χ0v) is 14.0. The van der Waals surface area contributed by atoms with Crippen LogP contribution in [0, 0.1) is 19.8 Å².